The summed E-state index contributed by atoms with van der Waals surface area (Å²) >= 11 is 5.15. The number of fused-ring (bicyclic) bond motifs is 1. The third-order valence-corrected chi connectivity index (χ3v) is 5.76. The number of aryl methyl sites for hydroxylation is 1. The minimum Gasteiger partial charge on any atom is -0.324 e. The number of nitrogens with one attached hydrogen (secondary N) is 1. The molecule has 3 aromatic heterocycles. The van der Waals surface area contributed by atoms with Gasteiger partial charge in [0.25, 0.3) is 0 Å². The predicted molar refractivity (Wildman–Crippen MR) is 107 cm³/mol. The van der Waals surface area contributed by atoms with Crippen molar-refractivity contribution in [3.63, 3.8) is 0 Å². The average Bonchev–Trinajstić information content (AvgIpc) is 3.04. The van der Waals surface area contributed by atoms with E-state index in [4.69, 9.17) is 0 Å². The van der Waals surface area contributed by atoms with E-state index in [0.29, 0.717) is 11.6 Å². The van der Waals surface area contributed by atoms with Crippen LogP contribution in [0.5, 0.6) is 0 Å². The molecule has 0 saturated heterocycles. The van der Waals surface area contributed by atoms with Gasteiger partial charge in [-0.3, -0.25) is 0 Å². The van der Waals surface area contributed by atoms with Gasteiger partial charge in [-0.25, -0.2) is 19.3 Å². The summed E-state index contributed by atoms with van der Waals surface area (Å²) in [6.07, 6.45) is 3.62. The van der Waals surface area contributed by atoms with E-state index in [0.717, 1.165) is 32.2 Å². The van der Waals surface area contributed by atoms with Crippen LogP contribution in [0, 0.1) is 5.82 Å². The minimum atomic E-state index is -0.372. The molecule has 0 aliphatic heterocycles. The van der Waals surface area contributed by atoms with Crippen molar-refractivity contribution < 1.29 is 4.39 Å². The summed E-state index contributed by atoms with van der Waals surface area (Å²) in [5.74, 6) is 0.836. The molecule has 0 saturated carbocycles. The Morgan fingerprint density at radius 1 is 1.08 bits per heavy atom. The number of halogens is 2. The number of rotatable bonds is 4. The maximum Gasteiger partial charge on any atom is 0.144 e. The predicted octanol–water partition coefficient (Wildman–Crippen LogP) is 5.96. The fraction of sp³-hybridized carbons (Fsp3) is 0.105. The van der Waals surface area contributed by atoms with Crippen LogP contribution in [-0.2, 0) is 6.42 Å². The van der Waals surface area contributed by atoms with E-state index in [1.54, 1.807) is 17.4 Å². The van der Waals surface area contributed by atoms with E-state index in [1.165, 1.54) is 23.5 Å². The molecular weight excluding hydrogens is 415 g/mol. The van der Waals surface area contributed by atoms with E-state index in [-0.39, 0.29) is 5.82 Å². The number of anilines is 2. The molecule has 4 nitrogen and oxygen atoms in total. The Kier molecular flexibility index (Phi) is 4.65. The topological polar surface area (TPSA) is 50.7 Å². The van der Waals surface area contributed by atoms with Crippen molar-refractivity contribution >= 4 is 49.1 Å². The molecule has 130 valence electrons. The fourth-order valence-electron chi connectivity index (χ4n) is 2.82. The van der Waals surface area contributed by atoms with Crippen LogP contribution < -0.4 is 5.32 Å². The number of aromatic nitrogens is 3. The second-order valence-corrected chi connectivity index (χ2v) is 7.65. The molecular formula is C19H14BrFN4S. The standard InChI is InChI=1S/C19H14BrFN4S/c1-2-14-16(11-3-5-12(20)6-4-11)17-18(23-10-24-19(17)26-14)25-15-8-7-13(21)9-22-15/h3-10H,2H2,1H3,(H,22,23,24,25). The van der Waals surface area contributed by atoms with Gasteiger partial charge >= 0.3 is 0 Å². The first-order valence-electron chi connectivity index (χ1n) is 8.06. The maximum atomic E-state index is 13.1. The van der Waals surface area contributed by atoms with Crippen LogP contribution in [0.2, 0.25) is 0 Å². The van der Waals surface area contributed by atoms with Gasteiger partial charge in [0, 0.05) is 14.9 Å². The van der Waals surface area contributed by atoms with E-state index in [2.05, 4.69) is 55.3 Å². The molecule has 0 amide bonds. The van der Waals surface area contributed by atoms with Crippen LogP contribution in [0.1, 0.15) is 11.8 Å². The molecule has 7 heteroatoms. The molecule has 0 aliphatic rings. The molecule has 0 fully saturated rings. The van der Waals surface area contributed by atoms with Crippen LogP contribution in [0.4, 0.5) is 16.0 Å². The van der Waals surface area contributed by atoms with Gasteiger partial charge in [-0.2, -0.15) is 0 Å². The summed E-state index contributed by atoms with van der Waals surface area (Å²) < 4.78 is 14.2. The highest BCUT2D eigenvalue weighted by Crippen LogP contribution is 2.41. The van der Waals surface area contributed by atoms with Gasteiger partial charge in [0.05, 0.1) is 11.6 Å². The van der Waals surface area contributed by atoms with Crippen molar-refractivity contribution in [3.8, 4) is 11.1 Å². The van der Waals surface area contributed by atoms with Gasteiger partial charge in [0.2, 0.25) is 0 Å². The third-order valence-electron chi connectivity index (χ3n) is 3.99. The molecule has 4 aromatic rings. The number of thiophene rings is 1. The molecule has 0 radical (unpaired) electrons. The summed E-state index contributed by atoms with van der Waals surface area (Å²) in [7, 11) is 0. The molecule has 1 aromatic carbocycles. The molecule has 0 spiro atoms. The van der Waals surface area contributed by atoms with Crippen molar-refractivity contribution in [2.24, 2.45) is 0 Å². The number of nitrogens with zero attached hydrogens (tertiary/aromatic N) is 3. The Morgan fingerprint density at radius 3 is 2.58 bits per heavy atom. The Balaban J connectivity index is 1.89. The van der Waals surface area contributed by atoms with Crippen molar-refractivity contribution in [1.82, 2.24) is 15.0 Å². The van der Waals surface area contributed by atoms with Crippen molar-refractivity contribution in [1.29, 1.82) is 0 Å². The second kappa shape index (κ2) is 7.09. The minimum absolute atomic E-state index is 0.372. The lowest BCUT2D eigenvalue weighted by Crippen LogP contribution is -1.98. The van der Waals surface area contributed by atoms with Gasteiger partial charge < -0.3 is 5.32 Å². The van der Waals surface area contributed by atoms with Gasteiger partial charge in [0.1, 0.15) is 28.6 Å². The lowest BCUT2D eigenvalue weighted by atomic mass is 10.0. The van der Waals surface area contributed by atoms with Crippen molar-refractivity contribution in [2.45, 2.75) is 13.3 Å². The first kappa shape index (κ1) is 17.1. The Labute approximate surface area is 162 Å². The van der Waals surface area contributed by atoms with Gasteiger partial charge in [-0.05, 0) is 36.2 Å². The number of benzene rings is 1. The van der Waals surface area contributed by atoms with Crippen LogP contribution >= 0.6 is 27.3 Å². The summed E-state index contributed by atoms with van der Waals surface area (Å²) in [6, 6.07) is 11.2. The van der Waals surface area contributed by atoms with E-state index < -0.39 is 0 Å². The Bertz CT molecular complexity index is 1060. The maximum absolute atomic E-state index is 13.1. The van der Waals surface area contributed by atoms with Crippen molar-refractivity contribution in [2.75, 3.05) is 5.32 Å². The summed E-state index contributed by atoms with van der Waals surface area (Å²) in [6.45, 7) is 2.13. The van der Waals surface area contributed by atoms with E-state index in [9.17, 15) is 4.39 Å². The summed E-state index contributed by atoms with van der Waals surface area (Å²) in [5, 5.41) is 4.16. The normalized spacial score (nSPS) is 11.0. The molecule has 3 heterocycles. The van der Waals surface area contributed by atoms with Crippen LogP contribution in [0.15, 0.2) is 53.4 Å². The molecule has 0 aliphatic carbocycles. The highest BCUT2D eigenvalue weighted by atomic mass is 79.9. The van der Waals surface area contributed by atoms with Gasteiger partial charge in [-0.1, -0.05) is 35.0 Å². The molecule has 26 heavy (non-hydrogen) atoms. The highest BCUT2D eigenvalue weighted by molar-refractivity contribution is 9.10. The molecule has 0 unspecified atom stereocenters. The highest BCUT2D eigenvalue weighted by Gasteiger charge is 2.18. The fourth-order valence-corrected chi connectivity index (χ4v) is 4.18. The molecule has 0 atom stereocenters. The largest absolute Gasteiger partial charge is 0.324 e. The zero-order valence-corrected chi connectivity index (χ0v) is 16.2. The van der Waals surface area contributed by atoms with Crippen LogP contribution in [0.3, 0.4) is 0 Å². The van der Waals surface area contributed by atoms with Gasteiger partial charge in [0.15, 0.2) is 0 Å². The smallest absolute Gasteiger partial charge is 0.144 e. The van der Waals surface area contributed by atoms with Crippen molar-refractivity contribution in [3.05, 3.63) is 64.1 Å². The molecule has 4 rings (SSSR count). The molecule has 1 N–H and O–H groups in total. The lowest BCUT2D eigenvalue weighted by molar-refractivity contribution is 0.622. The Hall–Kier alpha value is -2.38. The second-order valence-electron chi connectivity index (χ2n) is 5.65. The number of hydrogen-bond donors (Lipinski definition) is 1. The van der Waals surface area contributed by atoms with Gasteiger partial charge in [-0.15, -0.1) is 11.3 Å². The first-order valence-corrected chi connectivity index (χ1v) is 9.67. The quantitative estimate of drug-likeness (QED) is 0.435. The zero-order valence-electron chi connectivity index (χ0n) is 13.8. The van der Waals surface area contributed by atoms with E-state index in [1.807, 2.05) is 12.1 Å². The lowest BCUT2D eigenvalue weighted by Gasteiger charge is -2.09. The van der Waals surface area contributed by atoms with Crippen LogP contribution in [-0.4, -0.2) is 15.0 Å². The number of hydrogen-bond acceptors (Lipinski definition) is 5. The molecule has 0 bridgehead atoms. The van der Waals surface area contributed by atoms with Crippen LogP contribution in [0.25, 0.3) is 21.3 Å². The zero-order chi connectivity index (χ0) is 18.1. The summed E-state index contributed by atoms with van der Waals surface area (Å²) in [4.78, 5) is 15.1. The summed E-state index contributed by atoms with van der Waals surface area (Å²) in [5.41, 5.74) is 2.24. The first-order chi connectivity index (χ1) is 12.7. The van der Waals surface area contributed by atoms with E-state index >= 15 is 0 Å². The Morgan fingerprint density at radius 2 is 1.88 bits per heavy atom. The SMILES string of the molecule is CCc1sc2ncnc(Nc3ccc(F)cn3)c2c1-c1ccc(Br)cc1. The monoisotopic (exact) mass is 428 g/mol. The average molecular weight is 429 g/mol. The number of pyridine rings is 1. The third kappa shape index (κ3) is 3.20.